The number of aliphatic carboxylic acids is 1. The van der Waals surface area contributed by atoms with E-state index in [0.717, 1.165) is 0 Å². The third-order valence-electron chi connectivity index (χ3n) is 4.06. The SMILES string of the molecule is O=C(O)C1(C(=O)N(Cc2ccco2)Cc2ccco2)Oc2ccccc2O1. The first-order valence-electron chi connectivity index (χ1n) is 8.13. The molecule has 1 amide bonds. The van der Waals surface area contributed by atoms with Crippen LogP contribution in [0, 0.1) is 0 Å². The quantitative estimate of drug-likeness (QED) is 0.666. The Morgan fingerprint density at radius 3 is 1.78 bits per heavy atom. The van der Waals surface area contributed by atoms with Gasteiger partial charge in [-0.05, 0) is 36.4 Å². The summed E-state index contributed by atoms with van der Waals surface area (Å²) in [6, 6.07) is 13.1. The van der Waals surface area contributed by atoms with Gasteiger partial charge in [0.15, 0.2) is 11.5 Å². The van der Waals surface area contributed by atoms with Gasteiger partial charge in [-0.25, -0.2) is 4.79 Å². The molecule has 1 aliphatic rings. The fourth-order valence-electron chi connectivity index (χ4n) is 2.80. The van der Waals surface area contributed by atoms with Crippen LogP contribution in [0.25, 0.3) is 0 Å². The summed E-state index contributed by atoms with van der Waals surface area (Å²) in [6.07, 6.45) is 2.94. The second-order valence-electron chi connectivity index (χ2n) is 5.89. The Morgan fingerprint density at radius 2 is 1.37 bits per heavy atom. The first-order valence-corrected chi connectivity index (χ1v) is 8.13. The standard InChI is InChI=1S/C19H15NO7/c21-17(19(18(22)23)26-15-7-1-2-8-16(15)27-19)20(11-13-5-3-9-24-13)12-14-6-4-10-25-14/h1-10H,11-12H2,(H,22,23). The topological polar surface area (TPSA) is 102 Å². The van der Waals surface area contributed by atoms with Gasteiger partial charge in [-0.3, -0.25) is 4.79 Å². The number of amides is 1. The van der Waals surface area contributed by atoms with Gasteiger partial charge >= 0.3 is 17.7 Å². The zero-order valence-corrected chi connectivity index (χ0v) is 14.0. The zero-order chi connectivity index (χ0) is 18.9. The second-order valence-corrected chi connectivity index (χ2v) is 5.89. The molecule has 0 aliphatic carbocycles. The second kappa shape index (κ2) is 6.56. The average molecular weight is 369 g/mol. The molecule has 8 nitrogen and oxygen atoms in total. The molecule has 3 aromatic rings. The first kappa shape index (κ1) is 16.8. The van der Waals surface area contributed by atoms with Crippen LogP contribution in [0.5, 0.6) is 11.5 Å². The zero-order valence-electron chi connectivity index (χ0n) is 14.0. The Labute approximate surface area is 153 Å². The summed E-state index contributed by atoms with van der Waals surface area (Å²) < 4.78 is 21.5. The van der Waals surface area contributed by atoms with Crippen LogP contribution in [0.15, 0.2) is 69.9 Å². The molecule has 2 aromatic heterocycles. The number of rotatable bonds is 6. The summed E-state index contributed by atoms with van der Waals surface area (Å²) in [6.45, 7) is 0.0370. The minimum Gasteiger partial charge on any atom is -0.475 e. The van der Waals surface area contributed by atoms with Crippen molar-refractivity contribution in [3.63, 3.8) is 0 Å². The average Bonchev–Trinajstić information content (AvgIpc) is 3.41. The highest BCUT2D eigenvalue weighted by Crippen LogP contribution is 2.40. The number of carboxylic acid groups (broad SMARTS) is 1. The summed E-state index contributed by atoms with van der Waals surface area (Å²) in [5, 5.41) is 9.76. The van der Waals surface area contributed by atoms with Crippen molar-refractivity contribution >= 4 is 11.9 Å². The molecule has 1 aromatic carbocycles. The van der Waals surface area contributed by atoms with E-state index in [4.69, 9.17) is 18.3 Å². The molecule has 27 heavy (non-hydrogen) atoms. The van der Waals surface area contributed by atoms with Gasteiger partial charge in [0.05, 0.1) is 25.6 Å². The molecular formula is C19H15NO7. The Balaban J connectivity index is 1.67. The van der Waals surface area contributed by atoms with Crippen LogP contribution >= 0.6 is 0 Å². The number of para-hydroxylation sites is 2. The Kier molecular flexibility index (Phi) is 4.08. The molecule has 0 atom stereocenters. The molecule has 0 saturated carbocycles. The van der Waals surface area contributed by atoms with Crippen molar-refractivity contribution in [1.82, 2.24) is 4.90 Å². The van der Waals surface area contributed by atoms with E-state index in [1.54, 1.807) is 36.4 Å². The van der Waals surface area contributed by atoms with E-state index >= 15 is 0 Å². The van der Waals surface area contributed by atoms with E-state index in [0.29, 0.717) is 11.5 Å². The highest BCUT2D eigenvalue weighted by Gasteiger charge is 2.58. The van der Waals surface area contributed by atoms with Gasteiger partial charge in [-0.15, -0.1) is 0 Å². The van der Waals surface area contributed by atoms with E-state index in [-0.39, 0.29) is 24.6 Å². The lowest BCUT2D eigenvalue weighted by Crippen LogP contribution is -2.59. The van der Waals surface area contributed by atoms with Crippen LogP contribution in [0.3, 0.4) is 0 Å². The minimum atomic E-state index is -2.51. The molecule has 0 unspecified atom stereocenters. The normalized spacial score (nSPS) is 14.1. The lowest BCUT2D eigenvalue weighted by atomic mass is 10.2. The van der Waals surface area contributed by atoms with Crippen LogP contribution < -0.4 is 9.47 Å². The number of hydrogen-bond donors (Lipinski definition) is 1. The van der Waals surface area contributed by atoms with Crippen LogP contribution in [0.2, 0.25) is 0 Å². The minimum absolute atomic E-state index is 0.0185. The van der Waals surface area contributed by atoms with E-state index in [2.05, 4.69) is 0 Å². The van der Waals surface area contributed by atoms with Gasteiger partial charge in [-0.2, -0.15) is 0 Å². The smallest absolute Gasteiger partial charge is 0.434 e. The van der Waals surface area contributed by atoms with Crippen molar-refractivity contribution in [2.45, 2.75) is 18.9 Å². The van der Waals surface area contributed by atoms with Crippen molar-refractivity contribution < 1.29 is 33.0 Å². The lowest BCUT2D eigenvalue weighted by Gasteiger charge is -2.28. The maximum absolute atomic E-state index is 13.2. The summed E-state index contributed by atoms with van der Waals surface area (Å²) in [7, 11) is 0. The number of furan rings is 2. The number of nitrogens with zero attached hydrogens (tertiary/aromatic N) is 1. The van der Waals surface area contributed by atoms with E-state index < -0.39 is 17.7 Å². The van der Waals surface area contributed by atoms with Crippen molar-refractivity contribution in [1.29, 1.82) is 0 Å². The number of carbonyl (C=O) groups is 2. The van der Waals surface area contributed by atoms with E-state index in [1.165, 1.54) is 29.6 Å². The molecule has 1 N–H and O–H groups in total. The number of benzene rings is 1. The molecule has 3 heterocycles. The number of carbonyl (C=O) groups excluding carboxylic acids is 1. The number of ether oxygens (including phenoxy) is 2. The Bertz CT molecular complexity index is 885. The van der Waals surface area contributed by atoms with Gasteiger partial charge in [0.2, 0.25) is 0 Å². The first-order chi connectivity index (χ1) is 13.1. The number of hydrogen-bond acceptors (Lipinski definition) is 6. The molecule has 0 bridgehead atoms. The Hall–Kier alpha value is -3.68. The fraction of sp³-hybridized carbons (Fsp3) is 0.158. The van der Waals surface area contributed by atoms with Crippen molar-refractivity contribution in [2.24, 2.45) is 0 Å². The van der Waals surface area contributed by atoms with Crippen LogP contribution in [0.4, 0.5) is 0 Å². The molecular weight excluding hydrogens is 354 g/mol. The summed E-state index contributed by atoms with van der Waals surface area (Å²) >= 11 is 0. The van der Waals surface area contributed by atoms with E-state index in [9.17, 15) is 14.7 Å². The van der Waals surface area contributed by atoms with Crippen molar-refractivity contribution in [2.75, 3.05) is 0 Å². The van der Waals surface area contributed by atoms with E-state index in [1.807, 2.05) is 0 Å². The highest BCUT2D eigenvalue weighted by atomic mass is 16.8. The molecule has 0 fully saturated rings. The number of fused-ring (bicyclic) bond motifs is 1. The van der Waals surface area contributed by atoms with Crippen LogP contribution in [0.1, 0.15) is 11.5 Å². The monoisotopic (exact) mass is 369 g/mol. The van der Waals surface area contributed by atoms with Gasteiger partial charge in [0.25, 0.3) is 0 Å². The highest BCUT2D eigenvalue weighted by molar-refractivity contribution is 6.05. The lowest BCUT2D eigenvalue weighted by molar-refractivity contribution is -0.191. The molecule has 1 aliphatic heterocycles. The Morgan fingerprint density at radius 1 is 0.852 bits per heavy atom. The third-order valence-corrected chi connectivity index (χ3v) is 4.06. The predicted molar refractivity (Wildman–Crippen MR) is 89.7 cm³/mol. The van der Waals surface area contributed by atoms with Gasteiger partial charge < -0.3 is 28.3 Å². The molecule has 0 saturated heterocycles. The molecule has 4 rings (SSSR count). The summed E-state index contributed by atoms with van der Waals surface area (Å²) in [4.78, 5) is 26.5. The van der Waals surface area contributed by atoms with Crippen molar-refractivity contribution in [3.8, 4) is 11.5 Å². The summed E-state index contributed by atoms with van der Waals surface area (Å²) in [5.41, 5.74) is 0. The van der Waals surface area contributed by atoms with Crippen LogP contribution in [-0.4, -0.2) is 27.7 Å². The maximum Gasteiger partial charge on any atom is 0.434 e. The van der Waals surface area contributed by atoms with Gasteiger partial charge in [0, 0.05) is 0 Å². The number of carboxylic acids is 1. The molecule has 0 spiro atoms. The summed E-state index contributed by atoms with van der Waals surface area (Å²) in [5.74, 6) is -3.61. The predicted octanol–water partition coefficient (Wildman–Crippen LogP) is 2.65. The maximum atomic E-state index is 13.2. The molecule has 8 heteroatoms. The van der Waals surface area contributed by atoms with Crippen molar-refractivity contribution in [3.05, 3.63) is 72.6 Å². The van der Waals surface area contributed by atoms with Crippen LogP contribution in [-0.2, 0) is 22.7 Å². The van der Waals surface area contributed by atoms with Gasteiger partial charge in [0.1, 0.15) is 11.5 Å². The third kappa shape index (κ3) is 3.01. The largest absolute Gasteiger partial charge is 0.475 e. The molecule has 0 radical (unpaired) electrons. The van der Waals surface area contributed by atoms with Gasteiger partial charge in [-0.1, -0.05) is 12.1 Å². The molecule has 138 valence electrons. The fourth-order valence-corrected chi connectivity index (χ4v) is 2.80.